The van der Waals surface area contributed by atoms with Gasteiger partial charge in [0.05, 0.1) is 32.0 Å². The number of ketones is 1. The highest BCUT2D eigenvalue weighted by Gasteiger charge is 2.25. The molecule has 12 heteroatoms. The molecule has 0 saturated carbocycles. The second-order valence-electron chi connectivity index (χ2n) is 12.9. The Morgan fingerprint density at radius 1 is 1.00 bits per heavy atom. The molecule has 0 aromatic heterocycles. The number of rotatable bonds is 9. The van der Waals surface area contributed by atoms with E-state index in [9.17, 15) is 30.3 Å². The molecule has 51 heavy (non-hydrogen) atoms. The van der Waals surface area contributed by atoms with Crippen molar-refractivity contribution in [1.29, 1.82) is 0 Å². The first-order chi connectivity index (χ1) is 24.6. The Hall–Kier alpha value is -3.49. The number of carbonyl (C=O) groups is 1. The van der Waals surface area contributed by atoms with Crippen LogP contribution in [0.2, 0.25) is 0 Å². The number of aromatic hydroxyl groups is 2. The van der Waals surface area contributed by atoms with Gasteiger partial charge in [-0.1, -0.05) is 51.9 Å². The van der Waals surface area contributed by atoms with Gasteiger partial charge in [-0.25, -0.2) is 0 Å². The zero-order chi connectivity index (χ0) is 36.5. The summed E-state index contributed by atoms with van der Waals surface area (Å²) in [7, 11) is 6.45. The number of hydrogen-bond donors (Lipinski definition) is 7. The molecule has 0 amide bonds. The van der Waals surface area contributed by atoms with Crippen molar-refractivity contribution in [3.8, 4) is 28.4 Å². The summed E-state index contributed by atoms with van der Waals surface area (Å²) in [6.45, 7) is 1.82. The van der Waals surface area contributed by atoms with Gasteiger partial charge in [0.25, 0.3) is 0 Å². The summed E-state index contributed by atoms with van der Waals surface area (Å²) in [4.78, 5) is 13.7. The smallest absolute Gasteiger partial charge is 0.168 e. The molecule has 4 aromatic carbocycles. The van der Waals surface area contributed by atoms with E-state index >= 15 is 0 Å². The number of ether oxygens (including phenoxy) is 2. The molecular weight excluding hydrogens is 689 g/mol. The second-order valence-corrected chi connectivity index (χ2v) is 15.4. The lowest BCUT2D eigenvalue weighted by atomic mass is 9.89. The van der Waals surface area contributed by atoms with E-state index < -0.39 is 24.5 Å². The quantitative estimate of drug-likeness (QED) is 0.0745. The highest BCUT2D eigenvalue weighted by atomic mass is 33.1. The zero-order valence-electron chi connectivity index (χ0n) is 29.2. The molecule has 0 aliphatic carbocycles. The summed E-state index contributed by atoms with van der Waals surface area (Å²) in [6.07, 6.45) is -0.582. The van der Waals surface area contributed by atoms with E-state index in [0.29, 0.717) is 54.2 Å². The summed E-state index contributed by atoms with van der Waals surface area (Å²) >= 11 is 0. The third-order valence-corrected chi connectivity index (χ3v) is 11.4. The van der Waals surface area contributed by atoms with Crippen LogP contribution in [0.5, 0.6) is 17.2 Å². The van der Waals surface area contributed by atoms with Crippen LogP contribution in [-0.4, -0.2) is 76.1 Å². The lowest BCUT2D eigenvalue weighted by molar-refractivity contribution is -0.124. The molecule has 1 aliphatic heterocycles. The Kier molecular flexibility index (Phi) is 13.9. The maximum Gasteiger partial charge on any atom is 0.168 e. The predicted octanol–water partition coefficient (Wildman–Crippen LogP) is 6.44. The fraction of sp³-hybridized carbons (Fsp3) is 0.410. The van der Waals surface area contributed by atoms with Crippen LogP contribution < -0.4 is 15.4 Å². The van der Waals surface area contributed by atoms with E-state index in [0.717, 1.165) is 38.7 Å². The summed E-state index contributed by atoms with van der Waals surface area (Å²) in [5, 5.41) is 60.2. The van der Waals surface area contributed by atoms with Gasteiger partial charge in [-0.2, -0.15) is 0 Å². The molecule has 7 N–H and O–H groups in total. The van der Waals surface area contributed by atoms with Gasteiger partial charge in [-0.05, 0) is 96.6 Å². The topological polar surface area (TPSA) is 161 Å². The van der Waals surface area contributed by atoms with Crippen molar-refractivity contribution in [1.82, 2.24) is 5.32 Å². The number of Topliss-reactive ketones (excluding diaryl/α,β-unsaturated/α-hetero) is 1. The van der Waals surface area contributed by atoms with Crippen molar-refractivity contribution in [2.75, 3.05) is 31.8 Å². The molecule has 1 aliphatic rings. The number of aliphatic hydroxyl groups excluding tert-OH is 3. The van der Waals surface area contributed by atoms with Gasteiger partial charge in [0.15, 0.2) is 11.5 Å². The minimum atomic E-state index is -0.626. The number of anilines is 1. The van der Waals surface area contributed by atoms with Gasteiger partial charge in [0, 0.05) is 47.7 Å². The van der Waals surface area contributed by atoms with Crippen molar-refractivity contribution in [2.45, 2.75) is 75.9 Å². The number of aryl methyl sites for hydroxylation is 1. The predicted molar refractivity (Wildman–Crippen MR) is 205 cm³/mol. The molecule has 0 spiro atoms. The zero-order valence-corrected chi connectivity index (χ0v) is 30.9. The minimum Gasteiger partial charge on any atom is -0.508 e. The van der Waals surface area contributed by atoms with Crippen LogP contribution in [0.4, 0.5) is 5.69 Å². The van der Waals surface area contributed by atoms with E-state index in [-0.39, 0.29) is 36.7 Å². The van der Waals surface area contributed by atoms with Gasteiger partial charge in [0.1, 0.15) is 17.8 Å². The highest BCUT2D eigenvalue weighted by Crippen LogP contribution is 2.45. The minimum absolute atomic E-state index is 0.00302. The first-order valence-electron chi connectivity index (χ1n) is 17.2. The second kappa shape index (κ2) is 18.3. The Labute approximate surface area is 307 Å². The monoisotopic (exact) mass is 736 g/mol. The first kappa shape index (κ1) is 38.7. The number of benzene rings is 4. The molecule has 0 saturated heterocycles. The lowest BCUT2D eigenvalue weighted by Gasteiger charge is -2.26. The van der Waals surface area contributed by atoms with E-state index in [1.54, 1.807) is 53.8 Å². The van der Waals surface area contributed by atoms with Gasteiger partial charge >= 0.3 is 0 Å². The van der Waals surface area contributed by atoms with Crippen LogP contribution >= 0.6 is 21.6 Å². The first-order valence-corrected chi connectivity index (χ1v) is 19.7. The normalized spacial score (nSPS) is 18.8. The Balaban J connectivity index is 1.45. The number of fused-ring (bicyclic) bond motifs is 5. The molecule has 5 rings (SSSR count). The summed E-state index contributed by atoms with van der Waals surface area (Å²) in [6, 6.07) is 18.3. The fourth-order valence-electron chi connectivity index (χ4n) is 6.46. The summed E-state index contributed by atoms with van der Waals surface area (Å²) in [5.41, 5.74) is 5.51. The Morgan fingerprint density at radius 2 is 1.80 bits per heavy atom. The standard InChI is InChI=1S/C39H48N2O8S2/c1-23(43)19-41-35-14-7-26(16-27(35)20-42)39(40-2)49-31-12-11-30(46)21-50-51-22-34-32(13-6-24-4-9-29(45)18-33(24)34)37-25(5-10-28(44)17-31)8-15-36(47)38(37)48-3/h4,6-9,13-16,18,23,30-31,39-43,45-47H,5,10-12,17,19-22H2,1-3H3/t23-,30-,31+,39+/m0/s1. The average molecular weight is 737 g/mol. The molecule has 1 heterocycles. The van der Waals surface area contributed by atoms with E-state index in [4.69, 9.17) is 9.47 Å². The molecule has 4 aromatic rings. The Morgan fingerprint density at radius 3 is 2.55 bits per heavy atom. The third-order valence-electron chi connectivity index (χ3n) is 9.09. The number of hydrogen-bond acceptors (Lipinski definition) is 12. The molecule has 0 radical (unpaired) electrons. The van der Waals surface area contributed by atoms with Crippen molar-refractivity contribution in [3.05, 3.63) is 82.9 Å². The number of carbonyl (C=O) groups excluding carboxylic acids is 1. The van der Waals surface area contributed by atoms with Crippen molar-refractivity contribution < 1.29 is 39.8 Å². The maximum absolute atomic E-state index is 13.7. The fourth-order valence-corrected chi connectivity index (χ4v) is 8.76. The lowest BCUT2D eigenvalue weighted by Crippen LogP contribution is -2.29. The molecule has 0 unspecified atom stereocenters. The summed E-state index contributed by atoms with van der Waals surface area (Å²) < 4.78 is 12.3. The number of phenols is 2. The Bertz CT molecular complexity index is 1800. The average Bonchev–Trinajstić information content (AvgIpc) is 3.12. The van der Waals surface area contributed by atoms with Crippen LogP contribution in [-0.2, 0) is 28.3 Å². The molecule has 274 valence electrons. The van der Waals surface area contributed by atoms with Crippen LogP contribution in [0.3, 0.4) is 0 Å². The molecular formula is C39H48N2O8S2. The maximum atomic E-state index is 13.7. The van der Waals surface area contributed by atoms with Crippen LogP contribution in [0.25, 0.3) is 21.9 Å². The van der Waals surface area contributed by atoms with Crippen LogP contribution in [0, 0.1) is 0 Å². The van der Waals surface area contributed by atoms with Gasteiger partial charge in [0.2, 0.25) is 0 Å². The van der Waals surface area contributed by atoms with Gasteiger partial charge in [-0.15, -0.1) is 0 Å². The van der Waals surface area contributed by atoms with Crippen LogP contribution in [0.15, 0.2) is 60.7 Å². The molecule has 0 bridgehead atoms. The van der Waals surface area contributed by atoms with Crippen molar-refractivity contribution in [3.63, 3.8) is 0 Å². The largest absolute Gasteiger partial charge is 0.508 e. The van der Waals surface area contributed by atoms with E-state index in [1.165, 1.54) is 7.11 Å². The number of methoxy groups -OCH3 is 1. The molecule has 4 atom stereocenters. The van der Waals surface area contributed by atoms with Gasteiger partial charge < -0.3 is 40.3 Å². The number of phenolic OH excluding ortho intramolecular Hbond substituents is 2. The van der Waals surface area contributed by atoms with Crippen molar-refractivity contribution in [2.24, 2.45) is 0 Å². The third kappa shape index (κ3) is 9.89. The number of aliphatic hydroxyl groups is 3. The van der Waals surface area contributed by atoms with Gasteiger partial charge in [-0.3, -0.25) is 10.1 Å². The molecule has 10 nitrogen and oxygen atoms in total. The van der Waals surface area contributed by atoms with Crippen molar-refractivity contribution >= 4 is 43.8 Å². The highest BCUT2D eigenvalue weighted by molar-refractivity contribution is 8.76. The van der Waals surface area contributed by atoms with E-state index in [1.807, 2.05) is 42.5 Å². The van der Waals surface area contributed by atoms with E-state index in [2.05, 4.69) is 10.6 Å². The SMILES string of the molecule is CN[C@H](O[C@@H]1CC[C@H](O)CSSCc2c(ccc3ccc(O)cc23)-c2c(ccc(O)c2OC)CCC(=O)C1)c1ccc(NC[C@H](C)O)c(CO)c1. The van der Waals surface area contributed by atoms with Crippen LogP contribution in [0.1, 0.15) is 61.1 Å². The summed E-state index contributed by atoms with van der Waals surface area (Å²) in [5.74, 6) is 1.49. The number of nitrogens with one attached hydrogen (secondary N) is 2. The molecule has 0 fully saturated rings.